The molecule has 1 aliphatic rings. The van der Waals surface area contributed by atoms with Crippen LogP contribution in [0.3, 0.4) is 0 Å². The first-order chi connectivity index (χ1) is 6.71. The number of aromatic nitrogens is 1. The molecular formula is C13H18KN. The maximum atomic E-state index is 4.48. The molecule has 2 heteroatoms. The van der Waals surface area contributed by atoms with Crippen molar-refractivity contribution in [3.05, 3.63) is 36.5 Å². The van der Waals surface area contributed by atoms with E-state index in [4.69, 9.17) is 0 Å². The molecule has 1 aromatic heterocycles. The Balaban J connectivity index is 0.00000112. The molecule has 0 aliphatic heterocycles. The number of rotatable bonds is 2. The molecule has 1 atom stereocenters. The Hall–Kier alpha value is 0.786. The van der Waals surface area contributed by atoms with Crippen molar-refractivity contribution in [2.45, 2.75) is 38.5 Å². The van der Waals surface area contributed by atoms with Crippen molar-refractivity contribution >= 4 is 0 Å². The molecule has 0 spiro atoms. The summed E-state index contributed by atoms with van der Waals surface area (Å²) in [5.74, 6) is 0.775. The smallest absolute Gasteiger partial charge is 0.328 e. The molecule has 1 fully saturated rings. The van der Waals surface area contributed by atoms with Crippen LogP contribution in [0.15, 0.2) is 24.4 Å². The molecule has 0 N–H and O–H groups in total. The summed E-state index contributed by atoms with van der Waals surface area (Å²) in [7, 11) is 0. The molecule has 1 aromatic rings. The fraction of sp³-hybridized carbons (Fsp3) is 0.538. The van der Waals surface area contributed by atoms with Crippen LogP contribution in [-0.4, -0.2) is 4.98 Å². The van der Waals surface area contributed by atoms with Gasteiger partial charge >= 0.3 is 51.4 Å². The van der Waals surface area contributed by atoms with Gasteiger partial charge in [-0.15, -0.1) is 0 Å². The van der Waals surface area contributed by atoms with Gasteiger partial charge in [0.1, 0.15) is 0 Å². The van der Waals surface area contributed by atoms with Gasteiger partial charge in [-0.1, -0.05) is 32.3 Å². The Labute approximate surface area is 135 Å². The van der Waals surface area contributed by atoms with E-state index in [1.165, 1.54) is 25.0 Å². The van der Waals surface area contributed by atoms with E-state index in [9.17, 15) is 0 Å². The standard InChI is InChI=1S/C13H18N.K/c1-13(2,11-7-3-4-8-11)12-9-5-6-10-14-12;/h3,5-6,9-11H,4,7-8H2,1-2H3;/q-1;+1. The quantitative estimate of drug-likeness (QED) is 0.525. The predicted octanol–water partition coefficient (Wildman–Crippen LogP) is 0.368. The largest absolute Gasteiger partial charge is 1.00 e. The van der Waals surface area contributed by atoms with Crippen molar-refractivity contribution in [3.63, 3.8) is 0 Å². The van der Waals surface area contributed by atoms with Gasteiger partial charge in [-0.2, -0.15) is 12.8 Å². The van der Waals surface area contributed by atoms with E-state index < -0.39 is 0 Å². The molecule has 1 nitrogen and oxygen atoms in total. The number of nitrogens with zero attached hydrogens (tertiary/aromatic N) is 1. The van der Waals surface area contributed by atoms with Crippen LogP contribution < -0.4 is 51.4 Å². The van der Waals surface area contributed by atoms with Crippen LogP contribution in [0.5, 0.6) is 0 Å². The van der Waals surface area contributed by atoms with Crippen molar-refractivity contribution in [2.75, 3.05) is 0 Å². The van der Waals surface area contributed by atoms with Gasteiger partial charge in [0.15, 0.2) is 0 Å². The third-order valence-electron chi connectivity index (χ3n) is 3.52. The van der Waals surface area contributed by atoms with Crippen molar-refractivity contribution in [2.24, 2.45) is 5.92 Å². The fourth-order valence-electron chi connectivity index (χ4n) is 2.36. The zero-order chi connectivity index (χ0) is 10.0. The van der Waals surface area contributed by atoms with E-state index in [1.54, 1.807) is 0 Å². The van der Waals surface area contributed by atoms with E-state index in [1.807, 2.05) is 12.3 Å². The molecule has 1 aliphatic carbocycles. The van der Waals surface area contributed by atoms with Gasteiger partial charge < -0.3 is 6.42 Å². The van der Waals surface area contributed by atoms with Crippen LogP contribution in [0.4, 0.5) is 0 Å². The van der Waals surface area contributed by atoms with Gasteiger partial charge in [0, 0.05) is 17.3 Å². The average molecular weight is 227 g/mol. The third-order valence-corrected chi connectivity index (χ3v) is 3.52. The van der Waals surface area contributed by atoms with Crippen LogP contribution in [0, 0.1) is 12.3 Å². The van der Waals surface area contributed by atoms with Crippen molar-refractivity contribution in [1.82, 2.24) is 4.98 Å². The monoisotopic (exact) mass is 227 g/mol. The third kappa shape index (κ3) is 3.13. The van der Waals surface area contributed by atoms with Crippen LogP contribution in [0.1, 0.15) is 38.8 Å². The van der Waals surface area contributed by atoms with Gasteiger partial charge in [-0.05, 0) is 12.1 Å². The molecule has 0 aromatic carbocycles. The second-order valence-electron chi connectivity index (χ2n) is 4.74. The Morgan fingerprint density at radius 2 is 2.20 bits per heavy atom. The van der Waals surface area contributed by atoms with Gasteiger partial charge in [-0.3, -0.25) is 4.98 Å². The maximum Gasteiger partial charge on any atom is 1.00 e. The van der Waals surface area contributed by atoms with Gasteiger partial charge in [0.25, 0.3) is 0 Å². The molecule has 76 valence electrons. The van der Waals surface area contributed by atoms with Crippen LogP contribution in [-0.2, 0) is 5.41 Å². The summed E-state index contributed by atoms with van der Waals surface area (Å²) >= 11 is 0. The zero-order valence-corrected chi connectivity index (χ0v) is 13.2. The topological polar surface area (TPSA) is 12.9 Å². The molecule has 2 rings (SSSR count). The van der Waals surface area contributed by atoms with Crippen molar-refractivity contribution in [1.29, 1.82) is 0 Å². The van der Waals surface area contributed by atoms with E-state index in [2.05, 4.69) is 37.4 Å². The molecular weight excluding hydrogens is 209 g/mol. The van der Waals surface area contributed by atoms with Crippen molar-refractivity contribution < 1.29 is 51.4 Å². The van der Waals surface area contributed by atoms with Gasteiger partial charge in [0.2, 0.25) is 0 Å². The number of hydrogen-bond acceptors (Lipinski definition) is 1. The van der Waals surface area contributed by atoms with E-state index >= 15 is 0 Å². The zero-order valence-electron chi connectivity index (χ0n) is 10.0. The summed E-state index contributed by atoms with van der Waals surface area (Å²) in [4.78, 5) is 4.48. The molecule has 0 amide bonds. The minimum atomic E-state index is 0. The summed E-state index contributed by atoms with van der Waals surface area (Å²) in [5.41, 5.74) is 1.47. The van der Waals surface area contributed by atoms with Gasteiger partial charge in [0.05, 0.1) is 0 Å². The maximum absolute atomic E-state index is 4.48. The van der Waals surface area contributed by atoms with Gasteiger partial charge in [-0.25, -0.2) is 0 Å². The average Bonchev–Trinajstić information content (AvgIpc) is 2.72. The summed E-state index contributed by atoms with van der Waals surface area (Å²) in [5, 5.41) is 0. The molecule has 0 bridgehead atoms. The first kappa shape index (κ1) is 13.8. The van der Waals surface area contributed by atoms with Crippen LogP contribution >= 0.6 is 0 Å². The minimum absolute atomic E-state index is 0. The Bertz CT molecular complexity index is 289. The first-order valence-corrected chi connectivity index (χ1v) is 5.44. The molecule has 15 heavy (non-hydrogen) atoms. The molecule has 1 heterocycles. The molecule has 0 radical (unpaired) electrons. The van der Waals surface area contributed by atoms with Crippen molar-refractivity contribution in [3.8, 4) is 0 Å². The summed E-state index contributed by atoms with van der Waals surface area (Å²) in [6, 6.07) is 6.22. The second-order valence-corrected chi connectivity index (χ2v) is 4.74. The molecule has 1 saturated carbocycles. The van der Waals surface area contributed by atoms with Crippen LogP contribution in [0.2, 0.25) is 0 Å². The van der Waals surface area contributed by atoms with E-state index in [0.717, 1.165) is 5.92 Å². The summed E-state index contributed by atoms with van der Waals surface area (Å²) < 4.78 is 0. The Kier molecular flexibility index (Phi) is 5.47. The van der Waals surface area contributed by atoms with E-state index in [-0.39, 0.29) is 56.8 Å². The number of hydrogen-bond donors (Lipinski definition) is 0. The Morgan fingerprint density at radius 3 is 2.73 bits per heavy atom. The Morgan fingerprint density at radius 1 is 1.40 bits per heavy atom. The minimum Gasteiger partial charge on any atom is -0.328 e. The first-order valence-electron chi connectivity index (χ1n) is 5.44. The fourth-order valence-corrected chi connectivity index (χ4v) is 2.36. The normalized spacial score (nSPS) is 21.1. The molecule has 0 saturated heterocycles. The SMILES string of the molecule is CC(C)(c1ccccn1)C1C[CH-]CC1.[K+]. The summed E-state index contributed by atoms with van der Waals surface area (Å²) in [6.45, 7) is 4.64. The second kappa shape index (κ2) is 5.92. The van der Waals surface area contributed by atoms with E-state index in [0.29, 0.717) is 0 Å². The predicted molar refractivity (Wildman–Crippen MR) is 58.9 cm³/mol. The number of pyridine rings is 1. The summed E-state index contributed by atoms with van der Waals surface area (Å²) in [6.07, 6.45) is 8.17. The van der Waals surface area contributed by atoms with Crippen LogP contribution in [0.25, 0.3) is 0 Å². The molecule has 1 unspecified atom stereocenters.